The molecule has 3 atom stereocenters. The molecule has 1 amide bonds. The number of amides is 1. The molecule has 3 rings (SSSR count). The number of nitrogens with zero attached hydrogens (tertiary/aromatic N) is 1. The largest absolute Gasteiger partial charge is 0.497 e. The van der Waals surface area contributed by atoms with Crippen LogP contribution in [-0.2, 0) is 0 Å². The number of hydrogen-bond donors (Lipinski definition) is 1. The lowest BCUT2D eigenvalue weighted by molar-refractivity contribution is 0.00406. The summed E-state index contributed by atoms with van der Waals surface area (Å²) in [7, 11) is 1.60. The van der Waals surface area contributed by atoms with Crippen LogP contribution < -0.4 is 4.74 Å². The highest BCUT2D eigenvalue weighted by Crippen LogP contribution is 2.39. The van der Waals surface area contributed by atoms with Gasteiger partial charge < -0.3 is 14.7 Å². The number of likely N-dealkylation sites (tertiary alicyclic amines) is 1. The standard InChI is InChI=1S/C16H21NO3/c1-20-13-8-6-11(7-9-13)15(18)17-10-12-4-2-3-5-14(12)16(17)19/h6-9,12,14,16,19H,2-5,10H2,1H3/t12-,14-,16+/m1/s1. The number of ether oxygens (including phenoxy) is 1. The zero-order valence-corrected chi connectivity index (χ0v) is 11.8. The molecule has 0 bridgehead atoms. The number of methoxy groups -OCH3 is 1. The minimum absolute atomic E-state index is 0.0745. The van der Waals surface area contributed by atoms with Gasteiger partial charge in [0.05, 0.1) is 7.11 Å². The van der Waals surface area contributed by atoms with Crippen LogP contribution in [0.15, 0.2) is 24.3 Å². The number of aliphatic hydroxyl groups excluding tert-OH is 1. The van der Waals surface area contributed by atoms with Crippen LogP contribution in [0.25, 0.3) is 0 Å². The summed E-state index contributed by atoms with van der Waals surface area (Å²) in [6, 6.07) is 7.08. The first-order valence-corrected chi connectivity index (χ1v) is 7.34. The van der Waals surface area contributed by atoms with Gasteiger partial charge in [0.2, 0.25) is 0 Å². The molecule has 0 unspecified atom stereocenters. The topological polar surface area (TPSA) is 49.8 Å². The van der Waals surface area contributed by atoms with E-state index in [2.05, 4.69) is 0 Å². The number of hydrogen-bond acceptors (Lipinski definition) is 3. The third-order valence-corrected chi connectivity index (χ3v) is 4.70. The molecule has 0 spiro atoms. The Morgan fingerprint density at radius 2 is 1.95 bits per heavy atom. The van der Waals surface area contributed by atoms with E-state index in [1.54, 1.807) is 36.3 Å². The molecule has 1 N–H and O–H groups in total. The molecule has 4 nitrogen and oxygen atoms in total. The Bertz CT molecular complexity index is 485. The fourth-order valence-corrected chi connectivity index (χ4v) is 3.55. The molecule has 1 heterocycles. The minimum atomic E-state index is -0.616. The van der Waals surface area contributed by atoms with Crippen LogP contribution in [0.5, 0.6) is 5.75 Å². The summed E-state index contributed by atoms with van der Waals surface area (Å²) in [5, 5.41) is 10.4. The Hall–Kier alpha value is -1.55. The zero-order chi connectivity index (χ0) is 14.1. The summed E-state index contributed by atoms with van der Waals surface area (Å²) in [6.07, 6.45) is 3.95. The van der Waals surface area contributed by atoms with Gasteiger partial charge in [-0.05, 0) is 43.0 Å². The van der Waals surface area contributed by atoms with Crippen molar-refractivity contribution in [2.24, 2.45) is 11.8 Å². The van der Waals surface area contributed by atoms with Crippen molar-refractivity contribution in [2.45, 2.75) is 31.9 Å². The van der Waals surface area contributed by atoms with E-state index in [1.807, 2.05) is 0 Å². The first kappa shape index (κ1) is 13.4. The van der Waals surface area contributed by atoms with Crippen molar-refractivity contribution in [3.63, 3.8) is 0 Å². The molecule has 2 aliphatic rings. The second-order valence-corrected chi connectivity index (χ2v) is 5.81. The maximum atomic E-state index is 12.5. The van der Waals surface area contributed by atoms with Crippen molar-refractivity contribution in [2.75, 3.05) is 13.7 Å². The van der Waals surface area contributed by atoms with Gasteiger partial charge in [0, 0.05) is 18.0 Å². The highest BCUT2D eigenvalue weighted by Gasteiger charge is 2.43. The van der Waals surface area contributed by atoms with E-state index in [-0.39, 0.29) is 11.8 Å². The van der Waals surface area contributed by atoms with E-state index in [0.29, 0.717) is 18.0 Å². The van der Waals surface area contributed by atoms with E-state index in [9.17, 15) is 9.90 Å². The van der Waals surface area contributed by atoms with E-state index in [4.69, 9.17) is 4.74 Å². The molecule has 4 heteroatoms. The van der Waals surface area contributed by atoms with Crippen LogP contribution in [-0.4, -0.2) is 35.8 Å². The van der Waals surface area contributed by atoms with Gasteiger partial charge >= 0.3 is 0 Å². The molecule has 0 aromatic heterocycles. The molecule has 1 aromatic carbocycles. The van der Waals surface area contributed by atoms with Crippen LogP contribution in [0.2, 0.25) is 0 Å². The second kappa shape index (κ2) is 5.44. The number of carbonyl (C=O) groups excluding carboxylic acids is 1. The third kappa shape index (κ3) is 2.29. The molecule has 1 aliphatic heterocycles. The average molecular weight is 275 g/mol. The lowest BCUT2D eigenvalue weighted by Crippen LogP contribution is -2.37. The molecular weight excluding hydrogens is 254 g/mol. The molecule has 1 saturated carbocycles. The van der Waals surface area contributed by atoms with Gasteiger partial charge in [-0.25, -0.2) is 0 Å². The van der Waals surface area contributed by atoms with Gasteiger partial charge in [-0.2, -0.15) is 0 Å². The molecule has 20 heavy (non-hydrogen) atoms. The molecule has 108 valence electrons. The molecule has 0 radical (unpaired) electrons. The number of aliphatic hydroxyl groups is 1. The smallest absolute Gasteiger partial charge is 0.255 e. The molecular formula is C16H21NO3. The van der Waals surface area contributed by atoms with Crippen LogP contribution >= 0.6 is 0 Å². The molecule has 2 fully saturated rings. The van der Waals surface area contributed by atoms with Crippen molar-refractivity contribution >= 4 is 5.91 Å². The first-order valence-electron chi connectivity index (χ1n) is 7.34. The van der Waals surface area contributed by atoms with E-state index < -0.39 is 6.23 Å². The second-order valence-electron chi connectivity index (χ2n) is 5.81. The Morgan fingerprint density at radius 3 is 2.60 bits per heavy atom. The van der Waals surface area contributed by atoms with Crippen molar-refractivity contribution < 1.29 is 14.6 Å². The summed E-state index contributed by atoms with van der Waals surface area (Å²) >= 11 is 0. The van der Waals surface area contributed by atoms with Gasteiger partial charge in [-0.15, -0.1) is 0 Å². The fourth-order valence-electron chi connectivity index (χ4n) is 3.55. The van der Waals surface area contributed by atoms with Gasteiger partial charge in [0.1, 0.15) is 12.0 Å². The van der Waals surface area contributed by atoms with Gasteiger partial charge in [0.15, 0.2) is 0 Å². The zero-order valence-electron chi connectivity index (χ0n) is 11.8. The predicted molar refractivity (Wildman–Crippen MR) is 75.5 cm³/mol. The quantitative estimate of drug-likeness (QED) is 0.901. The summed E-state index contributed by atoms with van der Waals surface area (Å²) in [6.45, 7) is 0.691. The monoisotopic (exact) mass is 275 g/mol. The van der Waals surface area contributed by atoms with Crippen molar-refractivity contribution in [3.8, 4) is 5.75 Å². The van der Waals surface area contributed by atoms with Gasteiger partial charge in [0.25, 0.3) is 5.91 Å². The minimum Gasteiger partial charge on any atom is -0.497 e. The number of carbonyl (C=O) groups is 1. The summed E-state index contributed by atoms with van der Waals surface area (Å²) < 4.78 is 5.10. The van der Waals surface area contributed by atoms with Gasteiger partial charge in [-0.1, -0.05) is 12.8 Å². The lowest BCUT2D eigenvalue weighted by Gasteiger charge is -2.26. The van der Waals surface area contributed by atoms with Crippen LogP contribution in [0.4, 0.5) is 0 Å². The van der Waals surface area contributed by atoms with E-state index in [1.165, 1.54) is 12.8 Å². The summed E-state index contributed by atoms with van der Waals surface area (Å²) in [4.78, 5) is 14.2. The summed E-state index contributed by atoms with van der Waals surface area (Å²) in [5.74, 6) is 1.40. The maximum Gasteiger partial charge on any atom is 0.255 e. The van der Waals surface area contributed by atoms with Crippen LogP contribution in [0.3, 0.4) is 0 Å². The normalized spacial score (nSPS) is 29.1. The van der Waals surface area contributed by atoms with Crippen molar-refractivity contribution in [3.05, 3.63) is 29.8 Å². The predicted octanol–water partition coefficient (Wildman–Crippen LogP) is 2.28. The maximum absolute atomic E-state index is 12.5. The Labute approximate surface area is 119 Å². The van der Waals surface area contributed by atoms with Crippen LogP contribution in [0.1, 0.15) is 36.0 Å². The molecule has 1 aromatic rings. The lowest BCUT2D eigenvalue weighted by atomic mass is 9.81. The Balaban J connectivity index is 1.76. The van der Waals surface area contributed by atoms with E-state index >= 15 is 0 Å². The highest BCUT2D eigenvalue weighted by molar-refractivity contribution is 5.94. The molecule has 1 aliphatic carbocycles. The number of benzene rings is 1. The van der Waals surface area contributed by atoms with Crippen molar-refractivity contribution in [1.29, 1.82) is 0 Å². The first-order chi connectivity index (χ1) is 9.70. The van der Waals surface area contributed by atoms with E-state index in [0.717, 1.165) is 18.6 Å². The van der Waals surface area contributed by atoms with Crippen molar-refractivity contribution in [1.82, 2.24) is 4.90 Å². The third-order valence-electron chi connectivity index (χ3n) is 4.70. The average Bonchev–Trinajstić information content (AvgIpc) is 2.84. The Kier molecular flexibility index (Phi) is 3.66. The highest BCUT2D eigenvalue weighted by atomic mass is 16.5. The number of rotatable bonds is 2. The fraction of sp³-hybridized carbons (Fsp3) is 0.562. The summed E-state index contributed by atoms with van der Waals surface area (Å²) in [5.41, 5.74) is 0.614. The SMILES string of the molecule is COc1ccc(C(=O)N2C[C@H]3CCCC[C@H]3[C@@H]2O)cc1. The number of fused-ring (bicyclic) bond motifs is 1. The Morgan fingerprint density at radius 1 is 1.25 bits per heavy atom. The molecule has 1 saturated heterocycles. The van der Waals surface area contributed by atoms with Crippen LogP contribution in [0, 0.1) is 11.8 Å². The van der Waals surface area contributed by atoms with Gasteiger partial charge in [-0.3, -0.25) is 4.79 Å².